The van der Waals surface area contributed by atoms with Gasteiger partial charge in [0.2, 0.25) is 5.91 Å². The van der Waals surface area contributed by atoms with Gasteiger partial charge in [-0.1, -0.05) is 42.5 Å². The summed E-state index contributed by atoms with van der Waals surface area (Å²) in [6.07, 6.45) is 0. The van der Waals surface area contributed by atoms with Gasteiger partial charge in [0.05, 0.1) is 6.04 Å². The second-order valence-electron chi connectivity index (χ2n) is 4.66. The predicted octanol–water partition coefficient (Wildman–Crippen LogP) is 3.52. The van der Waals surface area contributed by atoms with E-state index < -0.39 is 0 Å². The lowest BCUT2D eigenvalue weighted by Gasteiger charge is -2.20. The van der Waals surface area contributed by atoms with Gasteiger partial charge in [-0.25, -0.2) is 0 Å². The Labute approximate surface area is 117 Å². The molecule has 3 rings (SSSR count). The monoisotopic (exact) mass is 269 g/mol. The molecule has 3 heteroatoms. The highest BCUT2D eigenvalue weighted by Crippen LogP contribution is 2.39. The van der Waals surface area contributed by atoms with Gasteiger partial charge in [0, 0.05) is 17.6 Å². The van der Waals surface area contributed by atoms with E-state index in [9.17, 15) is 4.79 Å². The Morgan fingerprint density at radius 3 is 2.58 bits per heavy atom. The average Bonchev–Trinajstić information content (AvgIpc) is 2.57. The van der Waals surface area contributed by atoms with Crippen molar-refractivity contribution in [3.05, 3.63) is 65.2 Å². The van der Waals surface area contributed by atoms with Crippen LogP contribution in [0.5, 0.6) is 0 Å². The van der Waals surface area contributed by atoms with Crippen molar-refractivity contribution in [2.75, 3.05) is 0 Å². The fourth-order valence-corrected chi connectivity index (χ4v) is 3.58. The molecule has 0 fully saturated rings. The summed E-state index contributed by atoms with van der Waals surface area (Å²) in [5.74, 6) is 0.949. The van der Waals surface area contributed by atoms with Gasteiger partial charge in [-0.2, -0.15) is 0 Å². The number of benzene rings is 2. The molecule has 19 heavy (non-hydrogen) atoms. The highest BCUT2D eigenvalue weighted by molar-refractivity contribution is 7.98. The van der Waals surface area contributed by atoms with E-state index in [0.29, 0.717) is 0 Å². The van der Waals surface area contributed by atoms with Crippen LogP contribution in [0.4, 0.5) is 0 Å². The summed E-state index contributed by atoms with van der Waals surface area (Å²) < 4.78 is 0. The molecule has 2 nitrogen and oxygen atoms in total. The molecular weight excluding hydrogens is 254 g/mol. The standard InChI is InChI=1S/C16H15NOS/c1-11(18)17-16-13-7-3-2-6-12(13)10-19-15-9-5-4-8-14(15)16/h2-9,16H,10H2,1H3,(H,17,18)/t16-/m1/s1. The Hall–Kier alpha value is -1.74. The Balaban J connectivity index is 2.16. The first kappa shape index (κ1) is 12.3. The van der Waals surface area contributed by atoms with Crippen LogP contribution in [0.3, 0.4) is 0 Å². The SMILES string of the molecule is CC(=O)N[C@@H]1c2ccccc2CSc2ccccc21. The van der Waals surface area contributed by atoms with E-state index in [0.717, 1.165) is 5.75 Å². The second-order valence-corrected chi connectivity index (χ2v) is 5.68. The van der Waals surface area contributed by atoms with Crippen molar-refractivity contribution < 1.29 is 4.79 Å². The fraction of sp³-hybridized carbons (Fsp3) is 0.188. The first-order chi connectivity index (χ1) is 9.25. The summed E-state index contributed by atoms with van der Waals surface area (Å²) in [5, 5.41) is 3.08. The first-order valence-electron chi connectivity index (χ1n) is 6.32. The molecule has 0 aliphatic carbocycles. The van der Waals surface area contributed by atoms with Gasteiger partial charge >= 0.3 is 0 Å². The molecule has 1 aliphatic rings. The maximum atomic E-state index is 11.5. The van der Waals surface area contributed by atoms with Crippen molar-refractivity contribution in [2.45, 2.75) is 23.6 Å². The lowest BCUT2D eigenvalue weighted by molar-refractivity contribution is -0.119. The molecule has 0 unspecified atom stereocenters. The third-order valence-electron chi connectivity index (χ3n) is 3.33. The highest BCUT2D eigenvalue weighted by atomic mass is 32.2. The molecular formula is C16H15NOS. The Bertz CT molecular complexity index is 576. The van der Waals surface area contributed by atoms with E-state index in [2.05, 4.69) is 35.6 Å². The van der Waals surface area contributed by atoms with Crippen molar-refractivity contribution in [1.82, 2.24) is 5.32 Å². The van der Waals surface area contributed by atoms with Crippen LogP contribution in [0.2, 0.25) is 0 Å². The number of rotatable bonds is 1. The lowest BCUT2D eigenvalue weighted by Crippen LogP contribution is -2.27. The minimum atomic E-state index is -0.0418. The molecule has 1 heterocycles. The number of amides is 1. The zero-order chi connectivity index (χ0) is 13.2. The van der Waals surface area contributed by atoms with E-state index in [-0.39, 0.29) is 11.9 Å². The van der Waals surface area contributed by atoms with Crippen LogP contribution in [0.15, 0.2) is 53.4 Å². The van der Waals surface area contributed by atoms with E-state index in [1.165, 1.54) is 21.6 Å². The van der Waals surface area contributed by atoms with E-state index in [4.69, 9.17) is 0 Å². The number of hydrogen-bond acceptors (Lipinski definition) is 2. The van der Waals surface area contributed by atoms with Crippen molar-refractivity contribution in [1.29, 1.82) is 0 Å². The molecule has 1 aliphatic heterocycles. The third-order valence-corrected chi connectivity index (χ3v) is 4.47. The smallest absolute Gasteiger partial charge is 0.217 e. The largest absolute Gasteiger partial charge is 0.345 e. The first-order valence-corrected chi connectivity index (χ1v) is 7.31. The predicted molar refractivity (Wildman–Crippen MR) is 78.1 cm³/mol. The van der Waals surface area contributed by atoms with E-state index in [1.54, 1.807) is 6.92 Å². The molecule has 0 aromatic heterocycles. The molecule has 2 aromatic carbocycles. The summed E-state index contributed by atoms with van der Waals surface area (Å²) >= 11 is 1.83. The van der Waals surface area contributed by atoms with Crippen LogP contribution < -0.4 is 5.32 Å². The van der Waals surface area contributed by atoms with Gasteiger partial charge in [0.25, 0.3) is 0 Å². The number of fused-ring (bicyclic) bond motifs is 2. The van der Waals surface area contributed by atoms with Gasteiger partial charge in [0.15, 0.2) is 0 Å². The van der Waals surface area contributed by atoms with E-state index in [1.807, 2.05) is 30.0 Å². The number of thioether (sulfide) groups is 1. The summed E-state index contributed by atoms with van der Waals surface area (Å²) in [6.45, 7) is 1.57. The van der Waals surface area contributed by atoms with Crippen molar-refractivity contribution >= 4 is 17.7 Å². The molecule has 0 saturated carbocycles. The van der Waals surface area contributed by atoms with Crippen molar-refractivity contribution in [3.8, 4) is 0 Å². The molecule has 1 N–H and O–H groups in total. The van der Waals surface area contributed by atoms with Gasteiger partial charge < -0.3 is 5.32 Å². The van der Waals surface area contributed by atoms with Gasteiger partial charge in [0.1, 0.15) is 0 Å². The molecule has 1 amide bonds. The molecule has 96 valence electrons. The number of nitrogens with one attached hydrogen (secondary N) is 1. The van der Waals surface area contributed by atoms with Crippen molar-refractivity contribution in [3.63, 3.8) is 0 Å². The third kappa shape index (κ3) is 2.38. The van der Waals surface area contributed by atoms with Gasteiger partial charge in [-0.15, -0.1) is 11.8 Å². The summed E-state index contributed by atoms with van der Waals surface area (Å²) in [6, 6.07) is 16.6. The summed E-state index contributed by atoms with van der Waals surface area (Å²) in [7, 11) is 0. The maximum Gasteiger partial charge on any atom is 0.217 e. The summed E-state index contributed by atoms with van der Waals surface area (Å²) in [5.41, 5.74) is 3.69. The minimum absolute atomic E-state index is 0.00139. The minimum Gasteiger partial charge on any atom is -0.345 e. The lowest BCUT2D eigenvalue weighted by atomic mass is 9.95. The van der Waals surface area contributed by atoms with Crippen LogP contribution in [-0.4, -0.2) is 5.91 Å². The maximum absolute atomic E-state index is 11.5. The molecule has 1 atom stereocenters. The Kier molecular flexibility index (Phi) is 3.30. The zero-order valence-corrected chi connectivity index (χ0v) is 11.5. The van der Waals surface area contributed by atoms with Crippen LogP contribution in [0.25, 0.3) is 0 Å². The number of hydrogen-bond donors (Lipinski definition) is 1. The molecule has 0 spiro atoms. The van der Waals surface area contributed by atoms with Crippen LogP contribution in [0.1, 0.15) is 29.7 Å². The van der Waals surface area contributed by atoms with Crippen LogP contribution in [-0.2, 0) is 10.5 Å². The fourth-order valence-electron chi connectivity index (χ4n) is 2.48. The van der Waals surface area contributed by atoms with Gasteiger partial charge in [-0.3, -0.25) is 4.79 Å². The molecule has 0 bridgehead atoms. The Morgan fingerprint density at radius 1 is 1.11 bits per heavy atom. The summed E-state index contributed by atoms with van der Waals surface area (Å²) in [4.78, 5) is 12.8. The van der Waals surface area contributed by atoms with E-state index >= 15 is 0 Å². The Morgan fingerprint density at radius 2 is 1.79 bits per heavy atom. The molecule has 0 saturated heterocycles. The molecule has 0 radical (unpaired) electrons. The topological polar surface area (TPSA) is 29.1 Å². The number of carbonyl (C=O) groups excluding carboxylic acids is 1. The van der Waals surface area contributed by atoms with Crippen molar-refractivity contribution in [2.24, 2.45) is 0 Å². The normalized spacial score (nSPS) is 17.0. The zero-order valence-electron chi connectivity index (χ0n) is 10.7. The quantitative estimate of drug-likeness (QED) is 0.858. The van der Waals surface area contributed by atoms with Gasteiger partial charge in [-0.05, 0) is 22.8 Å². The molecule has 2 aromatic rings. The average molecular weight is 269 g/mol. The highest BCUT2D eigenvalue weighted by Gasteiger charge is 2.23. The second kappa shape index (κ2) is 5.10. The number of carbonyl (C=O) groups is 1. The van der Waals surface area contributed by atoms with Crippen LogP contribution >= 0.6 is 11.8 Å². The van der Waals surface area contributed by atoms with Crippen LogP contribution in [0, 0.1) is 0 Å².